The molecule has 0 spiro atoms. The van der Waals surface area contributed by atoms with Gasteiger partial charge in [0.2, 0.25) is 5.95 Å². The van der Waals surface area contributed by atoms with Crippen LogP contribution in [0.4, 0.5) is 24.9 Å². The normalized spacial score (nSPS) is 15.6. The molecular weight excluding hydrogens is 269 g/mol. The number of hydrogen-bond acceptors (Lipinski definition) is 4. The molecular formula is C10H12ClF3N4. The lowest BCUT2D eigenvalue weighted by atomic mass is 10.4. The highest BCUT2D eigenvalue weighted by molar-refractivity contribution is 6.32. The molecule has 18 heavy (non-hydrogen) atoms. The fourth-order valence-corrected chi connectivity index (χ4v) is 1.84. The highest BCUT2D eigenvalue weighted by Gasteiger charge is 2.39. The molecule has 1 fully saturated rings. The van der Waals surface area contributed by atoms with E-state index in [1.54, 1.807) is 7.05 Å². The van der Waals surface area contributed by atoms with E-state index in [1.807, 2.05) is 0 Å². The lowest BCUT2D eigenvalue weighted by molar-refractivity contribution is -0.120. The first kappa shape index (κ1) is 13.2. The summed E-state index contributed by atoms with van der Waals surface area (Å²) >= 11 is 5.89. The molecule has 1 aliphatic rings. The van der Waals surface area contributed by atoms with Gasteiger partial charge in [0.1, 0.15) is 11.6 Å². The summed E-state index contributed by atoms with van der Waals surface area (Å²) in [4.78, 5) is 9.06. The zero-order valence-corrected chi connectivity index (χ0v) is 10.4. The van der Waals surface area contributed by atoms with Crippen molar-refractivity contribution in [3.05, 3.63) is 11.2 Å². The first-order valence-electron chi connectivity index (χ1n) is 5.44. The van der Waals surface area contributed by atoms with E-state index in [2.05, 4.69) is 15.3 Å². The van der Waals surface area contributed by atoms with Crippen molar-refractivity contribution in [1.82, 2.24) is 9.97 Å². The van der Waals surface area contributed by atoms with Gasteiger partial charge >= 0.3 is 6.18 Å². The van der Waals surface area contributed by atoms with Crippen molar-refractivity contribution >= 4 is 23.4 Å². The fourth-order valence-electron chi connectivity index (χ4n) is 1.64. The van der Waals surface area contributed by atoms with Crippen LogP contribution in [-0.2, 0) is 0 Å². The number of halogens is 4. The highest BCUT2D eigenvalue weighted by Crippen LogP contribution is 2.36. The molecule has 0 radical (unpaired) electrons. The third-order valence-corrected chi connectivity index (χ3v) is 2.83. The molecule has 0 unspecified atom stereocenters. The maximum Gasteiger partial charge on any atom is 0.405 e. The van der Waals surface area contributed by atoms with Crippen LogP contribution in [-0.4, -0.2) is 35.8 Å². The van der Waals surface area contributed by atoms with Crippen LogP contribution in [0.1, 0.15) is 12.8 Å². The van der Waals surface area contributed by atoms with E-state index < -0.39 is 12.7 Å². The molecule has 1 heterocycles. The van der Waals surface area contributed by atoms with Gasteiger partial charge in [-0.2, -0.15) is 18.2 Å². The molecule has 0 aromatic carbocycles. The van der Waals surface area contributed by atoms with Gasteiger partial charge in [-0.15, -0.1) is 0 Å². The molecule has 1 aromatic heterocycles. The van der Waals surface area contributed by atoms with Crippen LogP contribution in [0.15, 0.2) is 6.20 Å². The average molecular weight is 281 g/mol. The molecule has 0 amide bonds. The average Bonchev–Trinajstić information content (AvgIpc) is 3.09. The largest absolute Gasteiger partial charge is 0.405 e. The Morgan fingerprint density at radius 1 is 1.50 bits per heavy atom. The maximum atomic E-state index is 12.5. The van der Waals surface area contributed by atoms with Crippen molar-refractivity contribution in [2.24, 2.45) is 0 Å². The van der Waals surface area contributed by atoms with Crippen LogP contribution in [0, 0.1) is 0 Å². The number of anilines is 2. The molecule has 1 saturated carbocycles. The topological polar surface area (TPSA) is 41.1 Å². The monoisotopic (exact) mass is 280 g/mol. The van der Waals surface area contributed by atoms with Gasteiger partial charge in [-0.25, -0.2) is 4.98 Å². The molecule has 2 rings (SSSR count). The number of rotatable bonds is 4. The molecule has 1 aliphatic carbocycles. The number of aromatic nitrogens is 2. The second kappa shape index (κ2) is 4.79. The molecule has 0 aliphatic heterocycles. The van der Waals surface area contributed by atoms with Crippen molar-refractivity contribution < 1.29 is 13.2 Å². The minimum Gasteiger partial charge on any atom is -0.357 e. The van der Waals surface area contributed by atoms with Gasteiger partial charge in [0, 0.05) is 13.1 Å². The Kier molecular flexibility index (Phi) is 3.52. The fraction of sp³-hybridized carbons (Fsp3) is 0.600. The van der Waals surface area contributed by atoms with Crippen LogP contribution in [0.3, 0.4) is 0 Å². The quantitative estimate of drug-likeness (QED) is 0.921. The summed E-state index contributed by atoms with van der Waals surface area (Å²) in [5, 5.41) is 2.81. The summed E-state index contributed by atoms with van der Waals surface area (Å²) in [5.74, 6) is 0.387. The second-order valence-corrected chi connectivity index (χ2v) is 4.50. The Morgan fingerprint density at radius 2 is 2.17 bits per heavy atom. The molecule has 0 atom stereocenters. The van der Waals surface area contributed by atoms with Crippen LogP contribution in [0.25, 0.3) is 0 Å². The van der Waals surface area contributed by atoms with E-state index in [0.29, 0.717) is 0 Å². The van der Waals surface area contributed by atoms with Gasteiger partial charge in [-0.05, 0) is 12.8 Å². The van der Waals surface area contributed by atoms with Crippen LogP contribution >= 0.6 is 11.6 Å². The van der Waals surface area contributed by atoms with E-state index in [1.165, 1.54) is 11.1 Å². The smallest absolute Gasteiger partial charge is 0.357 e. The molecule has 0 saturated heterocycles. The first-order chi connectivity index (χ1) is 8.40. The minimum atomic E-state index is -4.28. The first-order valence-corrected chi connectivity index (χ1v) is 5.82. The second-order valence-electron chi connectivity index (χ2n) is 4.09. The van der Waals surface area contributed by atoms with Gasteiger partial charge in [0.25, 0.3) is 0 Å². The van der Waals surface area contributed by atoms with Crippen molar-refractivity contribution in [3.8, 4) is 0 Å². The Bertz CT molecular complexity index is 434. The minimum absolute atomic E-state index is 0.130. The number of nitrogens with zero attached hydrogens (tertiary/aromatic N) is 3. The van der Waals surface area contributed by atoms with Crippen LogP contribution in [0.5, 0.6) is 0 Å². The number of nitrogens with one attached hydrogen (secondary N) is 1. The third kappa shape index (κ3) is 3.16. The van der Waals surface area contributed by atoms with E-state index in [9.17, 15) is 13.2 Å². The summed E-state index contributed by atoms with van der Waals surface area (Å²) in [6.07, 6.45) is -1.52. The van der Waals surface area contributed by atoms with Gasteiger partial charge < -0.3 is 10.2 Å². The summed E-state index contributed by atoms with van der Waals surface area (Å²) < 4.78 is 37.6. The zero-order chi connectivity index (χ0) is 13.3. The van der Waals surface area contributed by atoms with E-state index >= 15 is 0 Å². The standard InChI is InChI=1S/C10H12ClF3N4/c1-15-9-16-4-7(11)8(17-9)18(6-2-3-6)5-10(12,13)14/h4,6H,2-3,5H2,1H3,(H,15,16,17). The van der Waals surface area contributed by atoms with E-state index in [4.69, 9.17) is 11.6 Å². The van der Waals surface area contributed by atoms with Gasteiger partial charge in [0.15, 0.2) is 5.82 Å². The maximum absolute atomic E-state index is 12.5. The molecule has 4 nitrogen and oxygen atoms in total. The third-order valence-electron chi connectivity index (χ3n) is 2.56. The molecule has 1 N–H and O–H groups in total. The van der Waals surface area contributed by atoms with Gasteiger partial charge in [-0.3, -0.25) is 0 Å². The number of alkyl halides is 3. The Morgan fingerprint density at radius 3 is 2.67 bits per heavy atom. The Labute approximate surface area is 107 Å². The van der Waals surface area contributed by atoms with Gasteiger partial charge in [0.05, 0.1) is 6.20 Å². The molecule has 1 aromatic rings. The van der Waals surface area contributed by atoms with Gasteiger partial charge in [-0.1, -0.05) is 11.6 Å². The van der Waals surface area contributed by atoms with Crippen LogP contribution in [0.2, 0.25) is 5.02 Å². The highest BCUT2D eigenvalue weighted by atomic mass is 35.5. The lowest BCUT2D eigenvalue weighted by Gasteiger charge is -2.25. The molecule has 0 bridgehead atoms. The van der Waals surface area contributed by atoms with E-state index in [-0.39, 0.29) is 22.8 Å². The Hall–Kier alpha value is -1.24. The van der Waals surface area contributed by atoms with Crippen molar-refractivity contribution in [3.63, 3.8) is 0 Å². The molecule has 8 heteroatoms. The molecule has 100 valence electrons. The van der Waals surface area contributed by atoms with Crippen molar-refractivity contribution in [2.45, 2.75) is 25.1 Å². The Balaban J connectivity index is 2.30. The number of hydrogen-bond donors (Lipinski definition) is 1. The van der Waals surface area contributed by atoms with Crippen LogP contribution < -0.4 is 10.2 Å². The predicted molar refractivity (Wildman–Crippen MR) is 63.0 cm³/mol. The van der Waals surface area contributed by atoms with E-state index in [0.717, 1.165) is 12.8 Å². The SMILES string of the molecule is CNc1ncc(Cl)c(N(CC(F)(F)F)C2CC2)n1. The summed E-state index contributed by atoms with van der Waals surface area (Å²) in [5.41, 5.74) is 0. The summed E-state index contributed by atoms with van der Waals surface area (Å²) in [7, 11) is 1.60. The summed E-state index contributed by atoms with van der Waals surface area (Å²) in [6, 6.07) is -0.135. The predicted octanol–water partition coefficient (Wildman–Crippen LogP) is 2.70. The van der Waals surface area contributed by atoms with Crippen molar-refractivity contribution in [1.29, 1.82) is 0 Å². The lowest BCUT2D eigenvalue weighted by Crippen LogP contribution is -2.36. The van der Waals surface area contributed by atoms with Crippen molar-refractivity contribution in [2.75, 3.05) is 23.8 Å². The summed E-state index contributed by atoms with van der Waals surface area (Å²) in [6.45, 7) is -1.04. The zero-order valence-electron chi connectivity index (χ0n) is 9.63.